The van der Waals surface area contributed by atoms with Crippen LogP contribution in [0.15, 0.2) is 0 Å². The number of carboxylic acid groups (broad SMARTS) is 3. The fourth-order valence-electron chi connectivity index (χ4n) is 4.56. The fraction of sp³-hybridized carbons (Fsp3) is 0.771. The highest BCUT2D eigenvalue weighted by Crippen LogP contribution is 2.16. The molecule has 0 radical (unpaired) electrons. The van der Waals surface area contributed by atoms with Crippen molar-refractivity contribution in [2.45, 2.75) is 104 Å². The van der Waals surface area contributed by atoms with Gasteiger partial charge in [-0.05, 0) is 25.7 Å². The molecule has 0 fully saturated rings. The second-order valence-electron chi connectivity index (χ2n) is 13.0. The van der Waals surface area contributed by atoms with Crippen molar-refractivity contribution >= 4 is 47.1 Å². The quantitative estimate of drug-likeness (QED) is 0.0487. The van der Waals surface area contributed by atoms with Crippen LogP contribution in [0.4, 0.5) is 0 Å². The van der Waals surface area contributed by atoms with Crippen LogP contribution < -0.4 is 16.0 Å². The molecule has 0 aliphatic carbocycles. The Bertz CT molecular complexity index is 1160. The average molecular weight is 762 g/mol. The van der Waals surface area contributed by atoms with Gasteiger partial charge in [-0.25, -0.2) is 4.79 Å². The molecule has 0 aromatic carbocycles. The largest absolute Gasteiger partial charge is 0.481 e. The molecule has 0 saturated heterocycles. The van der Waals surface area contributed by atoms with Crippen LogP contribution in [0, 0.1) is 11.8 Å². The average Bonchev–Trinajstić information content (AvgIpc) is 3.08. The first-order valence-corrected chi connectivity index (χ1v) is 17.9. The number of Topliss-reactive ketones (excluding diaryl/α,β-unsaturated/α-hetero) is 3. The van der Waals surface area contributed by atoms with Crippen LogP contribution in [-0.4, -0.2) is 140 Å². The standard InChI is InChI=1S/C35H59N3O15/c1-23(2)30(41)21-52-18-17-51-15-13-36-32(43)22-53-19-16-50-14-5-6-26(39)8-10-29(35(48)49)38-31(42)12-7-25(33(44)45)20-27(40)9-11-28(34(46)47)37-24(3)4/h23-25,28-29,37H,5-22H2,1-4H3,(H,36,43)(H,38,42)(H,44,45)(H,46,47)(H,48,49)/t25-,28+,29+/m1/s1. The van der Waals surface area contributed by atoms with Crippen molar-refractivity contribution in [2.24, 2.45) is 11.8 Å². The zero-order valence-corrected chi connectivity index (χ0v) is 31.4. The summed E-state index contributed by atoms with van der Waals surface area (Å²) in [4.78, 5) is 95.0. The molecule has 0 unspecified atom stereocenters. The van der Waals surface area contributed by atoms with Crippen molar-refractivity contribution < 1.29 is 72.6 Å². The molecule has 2 amide bonds. The second-order valence-corrected chi connectivity index (χ2v) is 13.0. The normalized spacial score (nSPS) is 12.9. The molecule has 0 aromatic heterocycles. The molecule has 0 aromatic rings. The molecule has 0 rings (SSSR count). The summed E-state index contributed by atoms with van der Waals surface area (Å²) in [5, 5.41) is 36.0. The van der Waals surface area contributed by atoms with Crippen molar-refractivity contribution in [2.75, 3.05) is 59.4 Å². The minimum atomic E-state index is -1.37. The Morgan fingerprint density at radius 3 is 1.72 bits per heavy atom. The van der Waals surface area contributed by atoms with Gasteiger partial charge in [0.1, 0.15) is 36.9 Å². The van der Waals surface area contributed by atoms with E-state index in [2.05, 4.69) is 16.0 Å². The van der Waals surface area contributed by atoms with Crippen molar-refractivity contribution in [1.29, 1.82) is 0 Å². The van der Waals surface area contributed by atoms with Gasteiger partial charge >= 0.3 is 17.9 Å². The van der Waals surface area contributed by atoms with Gasteiger partial charge in [-0.1, -0.05) is 27.7 Å². The zero-order valence-electron chi connectivity index (χ0n) is 31.4. The zero-order chi connectivity index (χ0) is 40.2. The van der Waals surface area contributed by atoms with Crippen molar-refractivity contribution in [1.82, 2.24) is 16.0 Å². The number of carboxylic acids is 3. The summed E-state index contributed by atoms with van der Waals surface area (Å²) in [6.07, 6.45) is -1.01. The lowest BCUT2D eigenvalue weighted by molar-refractivity contribution is -0.145. The number of nitrogens with one attached hydrogen (secondary N) is 3. The van der Waals surface area contributed by atoms with E-state index in [1.165, 1.54) is 0 Å². The van der Waals surface area contributed by atoms with Crippen LogP contribution in [0.25, 0.3) is 0 Å². The highest BCUT2D eigenvalue weighted by molar-refractivity contribution is 5.87. The molecule has 53 heavy (non-hydrogen) atoms. The highest BCUT2D eigenvalue weighted by atomic mass is 16.5. The van der Waals surface area contributed by atoms with Gasteiger partial charge in [0.2, 0.25) is 11.8 Å². The summed E-state index contributed by atoms with van der Waals surface area (Å²) >= 11 is 0. The summed E-state index contributed by atoms with van der Waals surface area (Å²) in [5.74, 6) is -6.85. The Balaban J connectivity index is 4.16. The summed E-state index contributed by atoms with van der Waals surface area (Å²) in [6.45, 7) is 8.69. The van der Waals surface area contributed by atoms with E-state index in [9.17, 15) is 53.7 Å². The van der Waals surface area contributed by atoms with E-state index >= 15 is 0 Å². The van der Waals surface area contributed by atoms with E-state index in [1.807, 2.05) is 0 Å². The van der Waals surface area contributed by atoms with Gasteiger partial charge in [0.25, 0.3) is 0 Å². The highest BCUT2D eigenvalue weighted by Gasteiger charge is 2.26. The molecule has 0 spiro atoms. The first-order valence-electron chi connectivity index (χ1n) is 17.9. The number of ether oxygens (including phenoxy) is 4. The minimum absolute atomic E-state index is 0.0188. The van der Waals surface area contributed by atoms with E-state index in [0.29, 0.717) is 13.0 Å². The van der Waals surface area contributed by atoms with Crippen molar-refractivity contribution in [3.63, 3.8) is 0 Å². The van der Waals surface area contributed by atoms with E-state index in [0.717, 1.165) is 0 Å². The molecule has 0 bridgehead atoms. The van der Waals surface area contributed by atoms with Gasteiger partial charge in [0.15, 0.2) is 5.78 Å². The molecule has 18 nitrogen and oxygen atoms in total. The molecule has 0 heterocycles. The van der Waals surface area contributed by atoms with E-state index < -0.39 is 54.0 Å². The van der Waals surface area contributed by atoms with Crippen molar-refractivity contribution in [3.05, 3.63) is 0 Å². The molecule has 6 N–H and O–H groups in total. The predicted molar refractivity (Wildman–Crippen MR) is 188 cm³/mol. The maximum Gasteiger partial charge on any atom is 0.326 e. The van der Waals surface area contributed by atoms with Crippen LogP contribution in [0.2, 0.25) is 0 Å². The van der Waals surface area contributed by atoms with Crippen molar-refractivity contribution in [3.8, 4) is 0 Å². The molecule has 0 aliphatic rings. The van der Waals surface area contributed by atoms with E-state index in [1.54, 1.807) is 27.7 Å². The third-order valence-corrected chi connectivity index (χ3v) is 7.61. The smallest absolute Gasteiger partial charge is 0.326 e. The number of carbonyl (C=O) groups is 8. The van der Waals surface area contributed by atoms with Gasteiger partial charge < -0.3 is 50.2 Å². The predicted octanol–water partition coefficient (Wildman–Crippen LogP) is 0.765. The number of ketones is 3. The van der Waals surface area contributed by atoms with Crippen LogP contribution in [0.3, 0.4) is 0 Å². The molecule has 18 heteroatoms. The van der Waals surface area contributed by atoms with Gasteiger partial charge in [0.05, 0.1) is 39.0 Å². The second kappa shape index (κ2) is 29.6. The maximum atomic E-state index is 12.4. The number of hydrogen-bond donors (Lipinski definition) is 6. The molecular formula is C35H59N3O15. The molecular weight excluding hydrogens is 702 g/mol. The monoisotopic (exact) mass is 761 g/mol. The summed E-state index contributed by atoms with van der Waals surface area (Å²) in [5.41, 5.74) is 0. The molecule has 3 atom stereocenters. The molecule has 0 aliphatic heterocycles. The first-order chi connectivity index (χ1) is 25.0. The lowest BCUT2D eigenvalue weighted by atomic mass is 9.94. The Labute approximate surface area is 310 Å². The third kappa shape index (κ3) is 27.4. The van der Waals surface area contributed by atoms with E-state index in [4.69, 9.17) is 18.9 Å². The number of aliphatic carboxylic acids is 3. The number of amides is 2. The first kappa shape index (κ1) is 49.2. The van der Waals surface area contributed by atoms with Crippen LogP contribution >= 0.6 is 0 Å². The summed E-state index contributed by atoms with van der Waals surface area (Å²) in [7, 11) is 0. The Morgan fingerprint density at radius 2 is 1.13 bits per heavy atom. The Kier molecular flexibility index (Phi) is 27.5. The third-order valence-electron chi connectivity index (χ3n) is 7.61. The van der Waals surface area contributed by atoms with Gasteiger partial charge in [-0.15, -0.1) is 0 Å². The van der Waals surface area contributed by atoms with Gasteiger partial charge in [-0.2, -0.15) is 0 Å². The lowest BCUT2D eigenvalue weighted by Gasteiger charge is -2.18. The van der Waals surface area contributed by atoms with E-state index in [-0.39, 0.29) is 127 Å². The number of rotatable bonds is 35. The molecule has 0 saturated carbocycles. The van der Waals surface area contributed by atoms with Crippen LogP contribution in [-0.2, 0) is 57.3 Å². The molecule has 304 valence electrons. The Morgan fingerprint density at radius 1 is 0.566 bits per heavy atom. The topological polar surface area (TPSA) is 270 Å². The van der Waals surface area contributed by atoms with Gasteiger partial charge in [-0.3, -0.25) is 33.6 Å². The number of carbonyl (C=O) groups excluding carboxylic acids is 5. The Hall–Kier alpha value is -3.84. The summed E-state index contributed by atoms with van der Waals surface area (Å²) < 4.78 is 21.1. The van der Waals surface area contributed by atoms with Gasteiger partial charge in [0, 0.05) is 57.2 Å². The SMILES string of the molecule is CC(C)N[C@@H](CCC(=O)C[C@@H](CCC(=O)N[C@@H](CCC(=O)CCCOCCOCC(=O)NCCOCCOCC(=O)C(C)C)C(=O)O)C(=O)O)C(=O)O. The lowest BCUT2D eigenvalue weighted by Crippen LogP contribution is -2.41. The minimum Gasteiger partial charge on any atom is -0.481 e. The number of hydrogen-bond acceptors (Lipinski definition) is 13. The maximum absolute atomic E-state index is 12.4. The van der Waals surface area contributed by atoms with Crippen LogP contribution in [0.1, 0.15) is 85.5 Å². The van der Waals surface area contributed by atoms with Crippen LogP contribution in [0.5, 0.6) is 0 Å². The summed E-state index contributed by atoms with van der Waals surface area (Å²) in [6, 6.07) is -2.48. The fourth-order valence-corrected chi connectivity index (χ4v) is 4.56.